The fraction of sp³-hybridized carbons (Fsp3) is 0.741. The zero-order valence-corrected chi connectivity index (χ0v) is 43.4. The van der Waals surface area contributed by atoms with E-state index in [-0.39, 0.29) is 36.2 Å². The number of aliphatic carboxylic acids is 1. The molecule has 0 heterocycles. The van der Waals surface area contributed by atoms with Crippen LogP contribution in [0.2, 0.25) is 0 Å². The maximum absolute atomic E-state index is 12.8. The number of allylic oxidation sites excluding steroid dienone is 12. The van der Waals surface area contributed by atoms with Crippen molar-refractivity contribution in [2.75, 3.05) is 41.0 Å². The second-order valence-corrected chi connectivity index (χ2v) is 19.1. The number of rotatable bonds is 48. The van der Waals surface area contributed by atoms with E-state index in [2.05, 4.69) is 86.8 Å². The van der Waals surface area contributed by atoms with E-state index in [9.17, 15) is 19.5 Å². The van der Waals surface area contributed by atoms with Crippen LogP contribution in [-0.4, -0.2) is 80.6 Å². The molecule has 0 rings (SSSR count). The van der Waals surface area contributed by atoms with Crippen LogP contribution in [-0.2, 0) is 28.6 Å². The Kier molecular flexibility index (Phi) is 45.9. The molecule has 2 unspecified atom stereocenters. The monoisotopic (exact) mass is 925 g/mol. The van der Waals surface area contributed by atoms with Gasteiger partial charge in [0, 0.05) is 19.3 Å². The van der Waals surface area contributed by atoms with E-state index in [0.717, 1.165) is 89.9 Å². The van der Waals surface area contributed by atoms with Gasteiger partial charge in [0.05, 0.1) is 34.4 Å². The lowest BCUT2D eigenvalue weighted by molar-refractivity contribution is -0.887. The Morgan fingerprint density at radius 2 is 0.848 bits per heavy atom. The van der Waals surface area contributed by atoms with Gasteiger partial charge in [-0.1, -0.05) is 196 Å². The summed E-state index contributed by atoms with van der Waals surface area (Å²) in [6, 6.07) is -0.622. The lowest BCUT2D eigenvalue weighted by atomic mass is 10.1. The van der Waals surface area contributed by atoms with Gasteiger partial charge in [0.1, 0.15) is 6.61 Å². The first-order valence-electron chi connectivity index (χ1n) is 27.0. The standard InChI is InChI=1S/C58H101NO7/c1-6-8-10-12-14-16-18-20-22-24-26-28-29-31-32-34-36-38-40-42-44-46-48-56(60)65-53-54(52-64-51-50-55(58(62)63)59(3,4)5)66-57(61)49-47-45-43-41-39-37-35-33-30-27-25-23-21-19-17-15-13-11-9-7-2/h9,11,15,17,21,23-24,26-27,29-31,54-55H,6-8,10,12-14,16,18-20,22,25,28,32-53H2,1-5H3/p+1/b11-9+,17-15+,23-21+,26-24+,30-27+,31-29+. The molecule has 0 bridgehead atoms. The van der Waals surface area contributed by atoms with Crippen LogP contribution in [0.25, 0.3) is 0 Å². The van der Waals surface area contributed by atoms with Crippen LogP contribution in [0.3, 0.4) is 0 Å². The molecule has 0 spiro atoms. The highest BCUT2D eigenvalue weighted by molar-refractivity contribution is 5.72. The number of carbonyl (C=O) groups excluding carboxylic acids is 2. The van der Waals surface area contributed by atoms with Crippen molar-refractivity contribution in [3.05, 3.63) is 72.9 Å². The van der Waals surface area contributed by atoms with Crippen LogP contribution in [0.4, 0.5) is 0 Å². The summed E-state index contributed by atoms with van der Waals surface area (Å²) in [5.41, 5.74) is 0. The highest BCUT2D eigenvalue weighted by Crippen LogP contribution is 2.15. The maximum Gasteiger partial charge on any atom is 0.362 e. The summed E-state index contributed by atoms with van der Waals surface area (Å²) < 4.78 is 17.4. The Morgan fingerprint density at radius 1 is 0.470 bits per heavy atom. The van der Waals surface area contributed by atoms with Gasteiger partial charge in [-0.3, -0.25) is 9.59 Å². The van der Waals surface area contributed by atoms with Crippen LogP contribution in [0.5, 0.6) is 0 Å². The van der Waals surface area contributed by atoms with Gasteiger partial charge in [0.2, 0.25) is 0 Å². The number of hydrogen-bond donors (Lipinski definition) is 1. The van der Waals surface area contributed by atoms with Crippen molar-refractivity contribution in [1.82, 2.24) is 0 Å². The third-order valence-corrected chi connectivity index (χ3v) is 11.8. The molecule has 0 aromatic heterocycles. The molecule has 0 aliphatic rings. The second-order valence-electron chi connectivity index (χ2n) is 19.1. The van der Waals surface area contributed by atoms with Gasteiger partial charge in [-0.25, -0.2) is 4.79 Å². The summed E-state index contributed by atoms with van der Waals surface area (Å²) in [4.78, 5) is 37.2. The fourth-order valence-electron chi connectivity index (χ4n) is 7.70. The van der Waals surface area contributed by atoms with Crippen LogP contribution < -0.4 is 0 Å². The van der Waals surface area contributed by atoms with Crippen molar-refractivity contribution in [2.45, 2.75) is 238 Å². The van der Waals surface area contributed by atoms with E-state index in [1.807, 2.05) is 21.1 Å². The number of quaternary nitrogens is 1. The SMILES string of the molecule is CC/C=C/C/C=C/C/C=C/C/C=C/CCCCCCCCCC(=O)OC(COCCC(C(=O)O)[N+](C)(C)C)COC(=O)CCCCCCCCC/C=C/C/C=C/CCCCCCCCCC. The number of likely N-dealkylation sites (N-methyl/N-ethyl adjacent to an activating group) is 1. The average Bonchev–Trinajstić information content (AvgIpc) is 3.28. The number of esters is 2. The minimum absolute atomic E-state index is 0.0512. The molecule has 380 valence electrons. The molecule has 0 aliphatic heterocycles. The minimum Gasteiger partial charge on any atom is -0.477 e. The number of carboxylic acid groups (broad SMARTS) is 1. The third kappa shape index (κ3) is 45.9. The van der Waals surface area contributed by atoms with Gasteiger partial charge in [0.25, 0.3) is 0 Å². The largest absolute Gasteiger partial charge is 0.477 e. The molecule has 0 saturated carbocycles. The number of unbranched alkanes of at least 4 members (excludes halogenated alkanes) is 22. The third-order valence-electron chi connectivity index (χ3n) is 11.8. The predicted octanol–water partition coefficient (Wildman–Crippen LogP) is 15.9. The molecule has 0 radical (unpaired) electrons. The summed E-state index contributed by atoms with van der Waals surface area (Å²) in [5.74, 6) is -1.49. The molecule has 8 heteroatoms. The van der Waals surface area contributed by atoms with Gasteiger partial charge in [0.15, 0.2) is 12.1 Å². The van der Waals surface area contributed by atoms with Gasteiger partial charge in [-0.2, -0.15) is 0 Å². The first kappa shape index (κ1) is 62.8. The molecule has 8 nitrogen and oxygen atoms in total. The topological polar surface area (TPSA) is 99.1 Å². The first-order valence-corrected chi connectivity index (χ1v) is 27.0. The van der Waals surface area contributed by atoms with Gasteiger partial charge in [-0.15, -0.1) is 0 Å². The molecule has 0 aromatic rings. The summed E-state index contributed by atoms with van der Waals surface area (Å²) >= 11 is 0. The van der Waals surface area contributed by atoms with Gasteiger partial charge < -0.3 is 23.8 Å². The van der Waals surface area contributed by atoms with E-state index in [4.69, 9.17) is 14.2 Å². The lowest BCUT2D eigenvalue weighted by Gasteiger charge is -2.31. The van der Waals surface area contributed by atoms with Crippen LogP contribution in [0.15, 0.2) is 72.9 Å². The van der Waals surface area contributed by atoms with E-state index in [0.29, 0.717) is 19.3 Å². The molecule has 2 atom stereocenters. The zero-order valence-electron chi connectivity index (χ0n) is 43.4. The number of ether oxygens (including phenoxy) is 3. The summed E-state index contributed by atoms with van der Waals surface area (Å²) in [5, 5.41) is 9.67. The number of carbonyl (C=O) groups is 3. The van der Waals surface area contributed by atoms with Crippen LogP contribution in [0.1, 0.15) is 226 Å². The molecule has 0 aromatic carbocycles. The average molecular weight is 925 g/mol. The van der Waals surface area contributed by atoms with Crippen LogP contribution in [0, 0.1) is 0 Å². The Balaban J connectivity index is 4.26. The zero-order chi connectivity index (χ0) is 48.4. The van der Waals surface area contributed by atoms with Crippen LogP contribution >= 0.6 is 0 Å². The van der Waals surface area contributed by atoms with E-state index < -0.39 is 18.1 Å². The highest BCUT2D eigenvalue weighted by Gasteiger charge is 2.31. The fourth-order valence-corrected chi connectivity index (χ4v) is 7.70. The van der Waals surface area contributed by atoms with E-state index in [1.54, 1.807) is 0 Å². The summed E-state index contributed by atoms with van der Waals surface area (Å²) in [6.45, 7) is 4.62. The predicted molar refractivity (Wildman–Crippen MR) is 280 cm³/mol. The number of carboxylic acids is 1. The van der Waals surface area contributed by atoms with Gasteiger partial charge >= 0.3 is 17.9 Å². The molecule has 0 aliphatic carbocycles. The van der Waals surface area contributed by atoms with Crippen molar-refractivity contribution >= 4 is 17.9 Å². The highest BCUT2D eigenvalue weighted by atomic mass is 16.6. The van der Waals surface area contributed by atoms with Crippen molar-refractivity contribution in [3.8, 4) is 0 Å². The first-order chi connectivity index (χ1) is 32.1. The Morgan fingerprint density at radius 3 is 1.26 bits per heavy atom. The quantitative estimate of drug-likeness (QED) is 0.0281. The van der Waals surface area contributed by atoms with Gasteiger partial charge in [-0.05, 0) is 83.5 Å². The number of hydrogen-bond acceptors (Lipinski definition) is 6. The Labute approximate surface area is 406 Å². The lowest BCUT2D eigenvalue weighted by Crippen LogP contribution is -2.50. The van der Waals surface area contributed by atoms with Crippen molar-refractivity contribution < 1.29 is 38.2 Å². The smallest absolute Gasteiger partial charge is 0.362 e. The molecular weight excluding hydrogens is 823 g/mol. The molecule has 0 fully saturated rings. The number of nitrogens with zero attached hydrogens (tertiary/aromatic N) is 1. The Hall–Kier alpha value is -3.23. The van der Waals surface area contributed by atoms with E-state index >= 15 is 0 Å². The molecule has 0 amide bonds. The van der Waals surface area contributed by atoms with Crippen molar-refractivity contribution in [1.29, 1.82) is 0 Å². The van der Waals surface area contributed by atoms with E-state index in [1.165, 1.54) is 103 Å². The molecule has 0 saturated heterocycles. The Bertz CT molecular complexity index is 1310. The molecular formula is C58H102NO7+. The molecule has 66 heavy (non-hydrogen) atoms. The maximum atomic E-state index is 12.8. The minimum atomic E-state index is -0.879. The summed E-state index contributed by atoms with van der Waals surface area (Å²) in [7, 11) is 5.53. The second kappa shape index (κ2) is 48.2. The molecule has 1 N–H and O–H groups in total. The van der Waals surface area contributed by atoms with Crippen molar-refractivity contribution in [2.24, 2.45) is 0 Å². The summed E-state index contributed by atoms with van der Waals surface area (Å²) in [6.07, 6.45) is 62.4. The van der Waals surface area contributed by atoms with Crippen molar-refractivity contribution in [3.63, 3.8) is 0 Å². The normalized spacial score (nSPS) is 13.4.